The fraction of sp³-hybridized carbons (Fsp3) is 0.286. The van der Waals surface area contributed by atoms with Crippen molar-refractivity contribution in [1.82, 2.24) is 15.1 Å². The third-order valence-corrected chi connectivity index (χ3v) is 4.17. The van der Waals surface area contributed by atoms with E-state index in [-0.39, 0.29) is 17.9 Å². The molecule has 0 saturated carbocycles. The van der Waals surface area contributed by atoms with Gasteiger partial charge in [0.25, 0.3) is 5.91 Å². The van der Waals surface area contributed by atoms with Crippen LogP contribution in [0.1, 0.15) is 23.0 Å². The molecule has 0 aliphatic carbocycles. The predicted octanol–water partition coefficient (Wildman–Crippen LogP) is 3.96. The second-order valence-corrected chi connectivity index (χ2v) is 6.23. The number of carbonyl (C=O) groups excluding carboxylic acids is 1. The number of hydrogen-bond donors (Lipinski definition) is 1. The van der Waals surface area contributed by atoms with Crippen molar-refractivity contribution in [2.24, 2.45) is 0 Å². The summed E-state index contributed by atoms with van der Waals surface area (Å²) in [5, 5.41) is 6.83. The number of halogens is 4. The number of rotatable bonds is 6. The first-order valence-electron chi connectivity index (χ1n) is 6.65. The number of nitrogens with zero attached hydrogens (tertiary/aromatic N) is 2. The van der Waals surface area contributed by atoms with E-state index in [0.717, 1.165) is 10.2 Å². The van der Waals surface area contributed by atoms with Gasteiger partial charge < -0.3 is 10.1 Å². The molecule has 0 aliphatic heterocycles. The van der Waals surface area contributed by atoms with E-state index in [4.69, 9.17) is 0 Å². The highest BCUT2D eigenvalue weighted by molar-refractivity contribution is 9.10. The number of aryl methyl sites for hydroxylation is 1. The number of aromatic nitrogens is 2. The van der Waals surface area contributed by atoms with Crippen molar-refractivity contribution in [3.8, 4) is 5.75 Å². The van der Waals surface area contributed by atoms with Gasteiger partial charge >= 0.3 is 6.61 Å². The molecule has 1 heterocycles. The lowest BCUT2D eigenvalue weighted by atomic mass is 10.2. The Balaban J connectivity index is 2.17. The van der Waals surface area contributed by atoms with Crippen LogP contribution in [0.25, 0.3) is 0 Å². The highest BCUT2D eigenvalue weighted by Crippen LogP contribution is 2.25. The highest BCUT2D eigenvalue weighted by Gasteiger charge is 2.17. The van der Waals surface area contributed by atoms with E-state index in [2.05, 4.69) is 47.0 Å². The molecular weight excluding hydrogens is 440 g/mol. The summed E-state index contributed by atoms with van der Waals surface area (Å²) < 4.78 is 32.3. The molecule has 1 amide bonds. The lowest BCUT2D eigenvalue weighted by Crippen LogP contribution is -2.25. The Bertz CT molecular complexity index is 707. The van der Waals surface area contributed by atoms with Gasteiger partial charge in [-0.1, -0.05) is 15.9 Å². The first kappa shape index (κ1) is 17.9. The van der Waals surface area contributed by atoms with Gasteiger partial charge in [-0.25, -0.2) is 0 Å². The Hall–Kier alpha value is -1.48. The van der Waals surface area contributed by atoms with Gasteiger partial charge in [0, 0.05) is 11.0 Å². The van der Waals surface area contributed by atoms with Crippen molar-refractivity contribution in [1.29, 1.82) is 0 Å². The van der Waals surface area contributed by atoms with Crippen LogP contribution in [-0.2, 0) is 13.1 Å². The summed E-state index contributed by atoms with van der Waals surface area (Å²) in [6.07, 6.45) is 1.63. The normalized spacial score (nSPS) is 10.9. The molecule has 1 N–H and O–H groups in total. The minimum atomic E-state index is -3.00. The Morgan fingerprint density at radius 3 is 2.83 bits per heavy atom. The second-order valence-electron chi connectivity index (χ2n) is 4.46. The summed E-state index contributed by atoms with van der Waals surface area (Å²) >= 11 is 6.57. The van der Waals surface area contributed by atoms with Crippen molar-refractivity contribution in [3.63, 3.8) is 0 Å². The molecule has 0 unspecified atom stereocenters. The SMILES string of the molecule is CCn1ncc(Br)c1CNC(=O)c1cc(Br)ccc1OC(F)F. The number of amides is 1. The summed E-state index contributed by atoms with van der Waals surface area (Å²) in [4.78, 5) is 12.3. The molecule has 0 aliphatic rings. The smallest absolute Gasteiger partial charge is 0.387 e. The average Bonchev–Trinajstić information content (AvgIpc) is 2.86. The Morgan fingerprint density at radius 1 is 1.43 bits per heavy atom. The van der Waals surface area contributed by atoms with Gasteiger partial charge in [0.05, 0.1) is 28.5 Å². The molecule has 23 heavy (non-hydrogen) atoms. The van der Waals surface area contributed by atoms with Crippen LogP contribution in [0.3, 0.4) is 0 Å². The molecule has 0 saturated heterocycles. The molecule has 5 nitrogen and oxygen atoms in total. The van der Waals surface area contributed by atoms with Crippen molar-refractivity contribution < 1.29 is 18.3 Å². The van der Waals surface area contributed by atoms with Crippen molar-refractivity contribution >= 4 is 37.8 Å². The average molecular weight is 453 g/mol. The van der Waals surface area contributed by atoms with Gasteiger partial charge in [0.1, 0.15) is 5.75 Å². The molecule has 1 aromatic carbocycles. The van der Waals surface area contributed by atoms with Crippen LogP contribution in [0.15, 0.2) is 33.3 Å². The minimum Gasteiger partial charge on any atom is -0.434 e. The van der Waals surface area contributed by atoms with Gasteiger partial charge in [0.15, 0.2) is 0 Å². The third-order valence-electron chi connectivity index (χ3n) is 3.02. The fourth-order valence-corrected chi connectivity index (χ4v) is 2.77. The van der Waals surface area contributed by atoms with Crippen molar-refractivity contribution in [3.05, 3.63) is 44.6 Å². The number of alkyl halides is 2. The molecule has 2 aromatic rings. The molecule has 0 radical (unpaired) electrons. The fourth-order valence-electron chi connectivity index (χ4n) is 1.97. The van der Waals surface area contributed by atoms with E-state index in [9.17, 15) is 13.6 Å². The largest absolute Gasteiger partial charge is 0.434 e. The first-order chi connectivity index (χ1) is 10.9. The number of hydrogen-bond acceptors (Lipinski definition) is 3. The van der Waals surface area contributed by atoms with E-state index < -0.39 is 12.5 Å². The van der Waals surface area contributed by atoms with E-state index in [0.29, 0.717) is 11.0 Å². The predicted molar refractivity (Wildman–Crippen MR) is 87.5 cm³/mol. The zero-order chi connectivity index (χ0) is 17.0. The van der Waals surface area contributed by atoms with E-state index in [1.54, 1.807) is 10.9 Å². The minimum absolute atomic E-state index is 0.0263. The summed E-state index contributed by atoms with van der Waals surface area (Å²) in [6.45, 7) is -0.229. The van der Waals surface area contributed by atoms with Gasteiger partial charge in [-0.2, -0.15) is 13.9 Å². The van der Waals surface area contributed by atoms with Crippen molar-refractivity contribution in [2.45, 2.75) is 26.6 Å². The molecule has 2 rings (SSSR count). The van der Waals surface area contributed by atoms with E-state index in [1.807, 2.05) is 6.92 Å². The lowest BCUT2D eigenvalue weighted by Gasteiger charge is -2.12. The molecule has 1 aromatic heterocycles. The van der Waals surface area contributed by atoms with Crippen molar-refractivity contribution in [2.75, 3.05) is 0 Å². The molecular formula is C14H13Br2F2N3O2. The maximum Gasteiger partial charge on any atom is 0.387 e. The van der Waals surface area contributed by atoms with E-state index >= 15 is 0 Å². The van der Waals surface area contributed by atoms with Crippen LogP contribution >= 0.6 is 31.9 Å². The Morgan fingerprint density at radius 2 is 2.17 bits per heavy atom. The van der Waals surface area contributed by atoms with Gasteiger partial charge in [-0.05, 0) is 41.1 Å². The van der Waals surface area contributed by atoms with E-state index in [1.165, 1.54) is 18.2 Å². The van der Waals surface area contributed by atoms with Crippen LogP contribution in [0.2, 0.25) is 0 Å². The summed E-state index contributed by atoms with van der Waals surface area (Å²) in [5.74, 6) is -0.693. The first-order valence-corrected chi connectivity index (χ1v) is 8.23. The summed E-state index contributed by atoms with van der Waals surface area (Å²) in [5.41, 5.74) is 0.811. The maximum atomic E-state index is 12.4. The molecule has 0 atom stereocenters. The second kappa shape index (κ2) is 7.87. The zero-order valence-electron chi connectivity index (χ0n) is 12.0. The van der Waals surface area contributed by atoms with Gasteiger partial charge in [-0.15, -0.1) is 0 Å². The standard InChI is InChI=1S/C14H13Br2F2N3O2/c1-2-21-11(10(16)6-20-21)7-19-13(22)9-5-8(15)3-4-12(9)23-14(17)18/h3-6,14H,2,7H2,1H3,(H,19,22). The monoisotopic (exact) mass is 451 g/mol. The zero-order valence-corrected chi connectivity index (χ0v) is 15.2. The summed E-state index contributed by atoms with van der Waals surface area (Å²) in [7, 11) is 0. The molecule has 0 fully saturated rings. The van der Waals surface area contributed by atoms with Gasteiger partial charge in [-0.3, -0.25) is 9.48 Å². The van der Waals surface area contributed by atoms with Crippen LogP contribution in [0.4, 0.5) is 8.78 Å². The third kappa shape index (κ3) is 4.51. The molecule has 0 spiro atoms. The number of benzene rings is 1. The summed E-state index contributed by atoms with van der Waals surface area (Å²) in [6, 6.07) is 4.27. The van der Waals surface area contributed by atoms with Crippen LogP contribution < -0.4 is 10.1 Å². The molecule has 124 valence electrons. The molecule has 9 heteroatoms. The highest BCUT2D eigenvalue weighted by atomic mass is 79.9. The number of nitrogens with one attached hydrogen (secondary N) is 1. The number of carbonyl (C=O) groups is 1. The van der Waals surface area contributed by atoms with Crippen LogP contribution in [0.5, 0.6) is 5.75 Å². The Labute approximate surface area is 148 Å². The number of ether oxygens (including phenoxy) is 1. The molecule has 0 bridgehead atoms. The maximum absolute atomic E-state index is 12.4. The topological polar surface area (TPSA) is 56.2 Å². The Kier molecular flexibility index (Phi) is 6.11. The quantitative estimate of drug-likeness (QED) is 0.721. The van der Waals surface area contributed by atoms with Crippen LogP contribution in [-0.4, -0.2) is 22.3 Å². The van der Waals surface area contributed by atoms with Gasteiger partial charge in [0.2, 0.25) is 0 Å². The lowest BCUT2D eigenvalue weighted by molar-refractivity contribution is -0.0501. The van der Waals surface area contributed by atoms with Crippen LogP contribution in [0, 0.1) is 0 Å².